The van der Waals surface area contributed by atoms with Crippen LogP contribution in [-0.4, -0.2) is 19.2 Å². The monoisotopic (exact) mass is 303 g/mol. The predicted molar refractivity (Wildman–Crippen MR) is 90.2 cm³/mol. The smallest absolute Gasteiger partial charge is 0.171 e. The maximum absolute atomic E-state index is 12.8. The Labute approximate surface area is 129 Å². The third-order valence-corrected chi connectivity index (χ3v) is 3.25. The maximum Gasteiger partial charge on any atom is 0.171 e. The summed E-state index contributed by atoms with van der Waals surface area (Å²) in [5.74, 6) is -0.236. The van der Waals surface area contributed by atoms with E-state index in [-0.39, 0.29) is 5.82 Å². The summed E-state index contributed by atoms with van der Waals surface area (Å²) in [5, 5.41) is 6.75. The Bertz CT molecular complexity index is 594. The van der Waals surface area contributed by atoms with Crippen LogP contribution in [0.1, 0.15) is 5.56 Å². The molecule has 21 heavy (non-hydrogen) atoms. The highest BCUT2D eigenvalue weighted by Crippen LogP contribution is 2.15. The molecule has 5 heteroatoms. The van der Waals surface area contributed by atoms with Crippen molar-refractivity contribution in [3.05, 3.63) is 59.9 Å². The molecule has 0 atom stereocenters. The Kier molecular flexibility index (Phi) is 5.11. The molecular formula is C16H18FN3S. The van der Waals surface area contributed by atoms with E-state index in [9.17, 15) is 4.39 Å². The van der Waals surface area contributed by atoms with E-state index in [4.69, 9.17) is 12.2 Å². The van der Waals surface area contributed by atoms with Gasteiger partial charge in [0, 0.05) is 32.0 Å². The summed E-state index contributed by atoms with van der Waals surface area (Å²) in [6.45, 7) is 0.557. The number of rotatable bonds is 4. The lowest BCUT2D eigenvalue weighted by molar-refractivity contribution is 0.627. The second kappa shape index (κ2) is 7.04. The van der Waals surface area contributed by atoms with Crippen LogP contribution in [0.25, 0.3) is 0 Å². The van der Waals surface area contributed by atoms with Crippen molar-refractivity contribution in [3.63, 3.8) is 0 Å². The van der Waals surface area contributed by atoms with Gasteiger partial charge in [0.2, 0.25) is 0 Å². The number of thiocarbonyl (C=S) groups is 1. The highest BCUT2D eigenvalue weighted by Gasteiger charge is 2.00. The topological polar surface area (TPSA) is 27.3 Å². The molecular weight excluding hydrogens is 285 g/mol. The Balaban J connectivity index is 1.85. The molecule has 0 bridgehead atoms. The normalized spacial score (nSPS) is 10.0. The minimum Gasteiger partial charge on any atom is -0.378 e. The fraction of sp³-hybridized carbons (Fsp3) is 0.188. The molecule has 0 fully saturated rings. The van der Waals surface area contributed by atoms with Gasteiger partial charge >= 0.3 is 0 Å². The fourth-order valence-electron chi connectivity index (χ4n) is 1.80. The van der Waals surface area contributed by atoms with Gasteiger partial charge in [-0.3, -0.25) is 0 Å². The average Bonchev–Trinajstić information content (AvgIpc) is 2.47. The molecule has 2 aromatic carbocycles. The lowest BCUT2D eigenvalue weighted by Crippen LogP contribution is -2.27. The van der Waals surface area contributed by atoms with E-state index < -0.39 is 0 Å². The van der Waals surface area contributed by atoms with E-state index in [0.29, 0.717) is 11.7 Å². The van der Waals surface area contributed by atoms with Crippen molar-refractivity contribution in [1.82, 2.24) is 5.32 Å². The number of benzene rings is 2. The van der Waals surface area contributed by atoms with Gasteiger partial charge in [-0.2, -0.15) is 0 Å². The Morgan fingerprint density at radius 3 is 2.24 bits per heavy atom. The lowest BCUT2D eigenvalue weighted by Gasteiger charge is -2.14. The lowest BCUT2D eigenvalue weighted by atomic mass is 10.2. The van der Waals surface area contributed by atoms with E-state index in [2.05, 4.69) is 10.6 Å². The van der Waals surface area contributed by atoms with Crippen LogP contribution in [0, 0.1) is 5.82 Å². The molecule has 0 aromatic heterocycles. The Morgan fingerprint density at radius 2 is 1.67 bits per heavy atom. The average molecular weight is 303 g/mol. The molecule has 0 unspecified atom stereocenters. The SMILES string of the molecule is CN(C)c1ccc(NC(=S)NCc2ccc(F)cc2)cc1. The van der Waals surface area contributed by atoms with E-state index in [0.717, 1.165) is 16.9 Å². The van der Waals surface area contributed by atoms with Crippen LogP contribution < -0.4 is 15.5 Å². The Hall–Kier alpha value is -2.14. The standard InChI is InChI=1S/C16H18FN3S/c1-20(2)15-9-7-14(8-10-15)19-16(21)18-11-12-3-5-13(17)6-4-12/h3-10H,11H2,1-2H3,(H2,18,19,21). The molecule has 110 valence electrons. The zero-order chi connectivity index (χ0) is 15.2. The van der Waals surface area contributed by atoms with Crippen molar-refractivity contribution in [1.29, 1.82) is 0 Å². The van der Waals surface area contributed by atoms with Crippen LogP contribution in [0.5, 0.6) is 0 Å². The zero-order valence-corrected chi connectivity index (χ0v) is 12.9. The summed E-state index contributed by atoms with van der Waals surface area (Å²) in [6, 6.07) is 14.3. The molecule has 2 rings (SSSR count). The van der Waals surface area contributed by atoms with E-state index >= 15 is 0 Å². The molecule has 0 amide bonds. The van der Waals surface area contributed by atoms with Crippen molar-refractivity contribution in [3.8, 4) is 0 Å². The zero-order valence-electron chi connectivity index (χ0n) is 12.1. The van der Waals surface area contributed by atoms with Crippen LogP contribution in [0.3, 0.4) is 0 Å². The van der Waals surface area contributed by atoms with Crippen LogP contribution in [0.15, 0.2) is 48.5 Å². The van der Waals surface area contributed by atoms with Crippen LogP contribution >= 0.6 is 12.2 Å². The minimum absolute atomic E-state index is 0.236. The molecule has 0 aliphatic carbocycles. The van der Waals surface area contributed by atoms with Gasteiger partial charge < -0.3 is 15.5 Å². The second-order valence-electron chi connectivity index (χ2n) is 4.88. The quantitative estimate of drug-likeness (QED) is 0.847. The minimum atomic E-state index is -0.236. The first-order valence-corrected chi connectivity index (χ1v) is 7.02. The Morgan fingerprint density at radius 1 is 1.05 bits per heavy atom. The predicted octanol–water partition coefficient (Wildman–Crippen LogP) is 3.38. The summed E-state index contributed by atoms with van der Waals surface area (Å²) < 4.78 is 12.8. The first-order chi connectivity index (χ1) is 10.0. The first-order valence-electron chi connectivity index (χ1n) is 6.61. The summed E-state index contributed by atoms with van der Waals surface area (Å²) in [5.41, 5.74) is 3.03. The number of hydrogen-bond donors (Lipinski definition) is 2. The molecule has 0 aliphatic heterocycles. The number of nitrogens with zero attached hydrogens (tertiary/aromatic N) is 1. The van der Waals surface area contributed by atoms with Crippen LogP contribution in [0.2, 0.25) is 0 Å². The molecule has 3 nitrogen and oxygen atoms in total. The molecule has 0 radical (unpaired) electrons. The number of halogens is 1. The van der Waals surface area contributed by atoms with Gasteiger partial charge in [-0.1, -0.05) is 12.1 Å². The van der Waals surface area contributed by atoms with Gasteiger partial charge in [0.1, 0.15) is 5.82 Å². The third kappa shape index (κ3) is 4.72. The highest BCUT2D eigenvalue weighted by atomic mass is 32.1. The van der Waals surface area contributed by atoms with Gasteiger partial charge in [0.25, 0.3) is 0 Å². The van der Waals surface area contributed by atoms with Gasteiger partial charge in [-0.25, -0.2) is 4.39 Å². The number of nitrogens with one attached hydrogen (secondary N) is 2. The van der Waals surface area contributed by atoms with Crippen molar-refractivity contribution in [2.45, 2.75) is 6.54 Å². The number of anilines is 2. The van der Waals surface area contributed by atoms with Crippen molar-refractivity contribution >= 4 is 28.7 Å². The van der Waals surface area contributed by atoms with Gasteiger partial charge in [-0.05, 0) is 54.2 Å². The molecule has 0 heterocycles. The van der Waals surface area contributed by atoms with Crippen LogP contribution in [-0.2, 0) is 6.54 Å². The first kappa shape index (κ1) is 15.3. The van der Waals surface area contributed by atoms with E-state index in [1.807, 2.05) is 43.3 Å². The van der Waals surface area contributed by atoms with E-state index in [1.165, 1.54) is 12.1 Å². The summed E-state index contributed by atoms with van der Waals surface area (Å²) >= 11 is 5.24. The molecule has 0 aliphatic rings. The van der Waals surface area contributed by atoms with Crippen molar-refractivity contribution in [2.24, 2.45) is 0 Å². The largest absolute Gasteiger partial charge is 0.378 e. The molecule has 0 saturated heterocycles. The second-order valence-corrected chi connectivity index (χ2v) is 5.28. The summed E-state index contributed by atoms with van der Waals surface area (Å²) in [6.07, 6.45) is 0. The fourth-order valence-corrected chi connectivity index (χ4v) is 1.99. The maximum atomic E-state index is 12.8. The van der Waals surface area contributed by atoms with Crippen molar-refractivity contribution in [2.75, 3.05) is 24.3 Å². The van der Waals surface area contributed by atoms with E-state index in [1.54, 1.807) is 12.1 Å². The third-order valence-electron chi connectivity index (χ3n) is 3.01. The summed E-state index contributed by atoms with van der Waals surface area (Å²) in [4.78, 5) is 2.04. The summed E-state index contributed by atoms with van der Waals surface area (Å²) in [7, 11) is 3.99. The van der Waals surface area contributed by atoms with Gasteiger partial charge in [0.05, 0.1) is 0 Å². The van der Waals surface area contributed by atoms with Crippen molar-refractivity contribution < 1.29 is 4.39 Å². The number of hydrogen-bond acceptors (Lipinski definition) is 2. The molecule has 0 spiro atoms. The molecule has 0 saturated carbocycles. The molecule has 2 N–H and O–H groups in total. The van der Waals surface area contributed by atoms with Crippen LogP contribution in [0.4, 0.5) is 15.8 Å². The molecule has 2 aromatic rings. The van der Waals surface area contributed by atoms with Gasteiger partial charge in [0.15, 0.2) is 5.11 Å². The highest BCUT2D eigenvalue weighted by molar-refractivity contribution is 7.80. The van der Waals surface area contributed by atoms with Gasteiger partial charge in [-0.15, -0.1) is 0 Å².